The lowest BCUT2D eigenvalue weighted by Gasteiger charge is -2.17. The first kappa shape index (κ1) is 32.2. The molecule has 13 rings (SSSR count). The first-order chi connectivity index (χ1) is 29.2. The van der Waals surface area contributed by atoms with Gasteiger partial charge in [0, 0.05) is 27.5 Å². The van der Waals surface area contributed by atoms with Crippen LogP contribution >= 0.6 is 0 Å². The van der Waals surface area contributed by atoms with Crippen LogP contribution in [-0.4, -0.2) is 15.0 Å². The molecule has 0 saturated heterocycles. The fourth-order valence-corrected chi connectivity index (χ4v) is 9.60. The van der Waals surface area contributed by atoms with Gasteiger partial charge in [-0.05, 0) is 106 Å². The van der Waals surface area contributed by atoms with Crippen LogP contribution in [0.4, 0.5) is 0 Å². The van der Waals surface area contributed by atoms with Gasteiger partial charge in [0.1, 0.15) is 11.2 Å². The lowest BCUT2D eigenvalue weighted by Crippen LogP contribution is -2.00. The molecule has 0 radical (unpaired) electrons. The molecule has 0 N–H and O–H groups in total. The monoisotopic (exact) mass is 749 g/mol. The summed E-state index contributed by atoms with van der Waals surface area (Å²) in [4.78, 5) is 15.7. The standard InChI is InChI=1S/C55H31N3O/c1-2-11-35(12-3-1)53-56-54(38-17-6-16-36(29-38)40-19-10-24-47-52(40)44-18-4-5-23-46(44)59-47)58-55(57-53)39-30-37-28-27-34-14-8-21-42-41-20-7-13-32-25-26-33-15-9-22-43(50(33)48(32)41)45(31-39)51(37)49(34)42/h1-31H. The van der Waals surface area contributed by atoms with Crippen LogP contribution in [0.15, 0.2) is 192 Å². The van der Waals surface area contributed by atoms with Gasteiger partial charge in [-0.1, -0.05) is 158 Å². The average Bonchev–Trinajstić information content (AvgIpc) is 3.69. The summed E-state index contributed by atoms with van der Waals surface area (Å²) >= 11 is 0. The molecular formula is C55H31N3O. The minimum absolute atomic E-state index is 0.615. The van der Waals surface area contributed by atoms with E-state index >= 15 is 0 Å². The highest BCUT2D eigenvalue weighted by Crippen LogP contribution is 2.45. The van der Waals surface area contributed by atoms with Crippen molar-refractivity contribution in [1.82, 2.24) is 15.0 Å². The maximum Gasteiger partial charge on any atom is 0.164 e. The lowest BCUT2D eigenvalue weighted by atomic mass is 9.87. The van der Waals surface area contributed by atoms with Gasteiger partial charge in [0.2, 0.25) is 0 Å². The van der Waals surface area contributed by atoms with E-state index in [1.165, 1.54) is 59.2 Å². The highest BCUT2D eigenvalue weighted by molar-refractivity contribution is 6.37. The number of hydrogen-bond acceptors (Lipinski definition) is 4. The van der Waals surface area contributed by atoms with Crippen molar-refractivity contribution >= 4 is 86.6 Å². The smallest absolute Gasteiger partial charge is 0.164 e. The number of fused-ring (bicyclic) bond motifs is 5. The van der Waals surface area contributed by atoms with Crippen molar-refractivity contribution in [2.24, 2.45) is 0 Å². The van der Waals surface area contributed by atoms with Gasteiger partial charge < -0.3 is 4.42 Å². The number of hydrogen-bond donors (Lipinski definition) is 0. The van der Waals surface area contributed by atoms with E-state index < -0.39 is 0 Å². The number of para-hydroxylation sites is 1. The Morgan fingerprint density at radius 3 is 1.47 bits per heavy atom. The predicted molar refractivity (Wildman–Crippen MR) is 245 cm³/mol. The van der Waals surface area contributed by atoms with Gasteiger partial charge in [-0.2, -0.15) is 0 Å². The van der Waals surface area contributed by atoms with Gasteiger partial charge in [0.05, 0.1) is 0 Å². The third kappa shape index (κ3) is 4.81. The Hall–Kier alpha value is -7.95. The van der Waals surface area contributed by atoms with Gasteiger partial charge in [-0.15, -0.1) is 0 Å². The molecule has 11 aromatic carbocycles. The zero-order valence-corrected chi connectivity index (χ0v) is 31.6. The van der Waals surface area contributed by atoms with Gasteiger partial charge in [0.15, 0.2) is 17.5 Å². The van der Waals surface area contributed by atoms with Gasteiger partial charge in [-0.3, -0.25) is 0 Å². The van der Waals surface area contributed by atoms with E-state index in [1.54, 1.807) is 0 Å². The van der Waals surface area contributed by atoms with Crippen molar-refractivity contribution in [1.29, 1.82) is 0 Å². The Morgan fingerprint density at radius 2 is 0.763 bits per heavy atom. The van der Waals surface area contributed by atoms with E-state index in [9.17, 15) is 0 Å². The Kier molecular flexibility index (Phi) is 6.69. The van der Waals surface area contributed by atoms with Crippen LogP contribution in [0.3, 0.4) is 0 Å². The lowest BCUT2D eigenvalue weighted by molar-refractivity contribution is 0.669. The van der Waals surface area contributed by atoms with E-state index in [0.29, 0.717) is 17.5 Å². The third-order valence-corrected chi connectivity index (χ3v) is 12.2. The van der Waals surface area contributed by atoms with Crippen LogP contribution in [0.1, 0.15) is 0 Å². The summed E-state index contributed by atoms with van der Waals surface area (Å²) in [5, 5.41) is 17.0. The van der Waals surface area contributed by atoms with Crippen molar-refractivity contribution in [3.05, 3.63) is 188 Å². The molecule has 0 unspecified atom stereocenters. The van der Waals surface area contributed by atoms with Crippen LogP contribution in [-0.2, 0) is 0 Å². The first-order valence-electron chi connectivity index (χ1n) is 20.0. The second kappa shape index (κ2) is 12.3. The van der Waals surface area contributed by atoms with Crippen LogP contribution in [0.25, 0.3) is 132 Å². The SMILES string of the molecule is c1ccc(-c2nc(-c3cccc(-c4cccc5oc6ccccc6c45)c3)nc(-c3cc4ccc5cccc6c7cccc8ccc9cccc(c(c3)c4c56)c9c87)n2)cc1. The largest absolute Gasteiger partial charge is 0.456 e. The number of rotatable bonds is 4. The fourth-order valence-electron chi connectivity index (χ4n) is 9.60. The third-order valence-electron chi connectivity index (χ3n) is 12.2. The van der Waals surface area contributed by atoms with Crippen LogP contribution in [0.5, 0.6) is 0 Å². The molecule has 272 valence electrons. The van der Waals surface area contributed by atoms with Gasteiger partial charge >= 0.3 is 0 Å². The topological polar surface area (TPSA) is 51.8 Å². The van der Waals surface area contributed by atoms with Gasteiger partial charge in [0.25, 0.3) is 0 Å². The van der Waals surface area contributed by atoms with Crippen molar-refractivity contribution in [2.45, 2.75) is 0 Å². The Bertz CT molecular complexity index is 3840. The molecule has 0 fully saturated rings. The van der Waals surface area contributed by atoms with E-state index in [4.69, 9.17) is 19.4 Å². The number of furan rings is 1. The molecule has 0 saturated carbocycles. The molecular weight excluding hydrogens is 719 g/mol. The minimum atomic E-state index is 0.615. The molecule has 4 nitrogen and oxygen atoms in total. The molecule has 0 bridgehead atoms. The van der Waals surface area contributed by atoms with E-state index in [0.717, 1.165) is 55.1 Å². The molecule has 2 aromatic heterocycles. The molecule has 0 spiro atoms. The molecule has 4 heteroatoms. The summed E-state index contributed by atoms with van der Waals surface area (Å²) in [5.74, 6) is 1.87. The normalized spacial score (nSPS) is 12.1. The predicted octanol–water partition coefficient (Wildman–Crippen LogP) is 14.8. The van der Waals surface area contributed by atoms with E-state index in [2.05, 4.69) is 152 Å². The minimum Gasteiger partial charge on any atom is -0.456 e. The Balaban J connectivity index is 1.09. The van der Waals surface area contributed by atoms with E-state index in [1.807, 2.05) is 36.4 Å². The number of aromatic nitrogens is 3. The van der Waals surface area contributed by atoms with Crippen LogP contribution < -0.4 is 0 Å². The van der Waals surface area contributed by atoms with Gasteiger partial charge in [-0.25, -0.2) is 15.0 Å². The zero-order chi connectivity index (χ0) is 38.6. The van der Waals surface area contributed by atoms with Crippen molar-refractivity contribution in [3.63, 3.8) is 0 Å². The summed E-state index contributed by atoms with van der Waals surface area (Å²) in [5.41, 5.74) is 6.69. The molecule has 13 aromatic rings. The maximum absolute atomic E-state index is 6.27. The van der Waals surface area contributed by atoms with Crippen LogP contribution in [0, 0.1) is 0 Å². The molecule has 0 amide bonds. The summed E-state index contributed by atoms with van der Waals surface area (Å²) in [6.45, 7) is 0. The first-order valence-corrected chi connectivity index (χ1v) is 20.0. The maximum atomic E-state index is 6.27. The quantitative estimate of drug-likeness (QED) is 0.168. The molecule has 0 atom stereocenters. The summed E-state index contributed by atoms with van der Waals surface area (Å²) in [7, 11) is 0. The van der Waals surface area contributed by atoms with Crippen molar-refractivity contribution in [3.8, 4) is 45.3 Å². The highest BCUT2D eigenvalue weighted by atomic mass is 16.3. The average molecular weight is 750 g/mol. The van der Waals surface area contributed by atoms with Crippen molar-refractivity contribution in [2.75, 3.05) is 0 Å². The Labute approximate surface area is 338 Å². The zero-order valence-electron chi connectivity index (χ0n) is 31.6. The van der Waals surface area contributed by atoms with Crippen molar-refractivity contribution < 1.29 is 4.42 Å². The summed E-state index contributed by atoms with van der Waals surface area (Å²) in [6.07, 6.45) is 0. The van der Waals surface area contributed by atoms with E-state index in [-0.39, 0.29) is 0 Å². The second-order valence-corrected chi connectivity index (χ2v) is 15.5. The summed E-state index contributed by atoms with van der Waals surface area (Å²) in [6, 6.07) is 67.0. The fraction of sp³-hybridized carbons (Fsp3) is 0. The summed E-state index contributed by atoms with van der Waals surface area (Å²) < 4.78 is 6.27. The Morgan fingerprint density at radius 1 is 0.271 bits per heavy atom. The molecule has 0 aliphatic rings. The van der Waals surface area contributed by atoms with Crippen LogP contribution in [0.2, 0.25) is 0 Å². The second-order valence-electron chi connectivity index (χ2n) is 15.5. The molecule has 2 heterocycles. The number of nitrogens with zero attached hydrogens (tertiary/aromatic N) is 3. The molecule has 0 aliphatic heterocycles. The highest BCUT2D eigenvalue weighted by Gasteiger charge is 2.19. The molecule has 59 heavy (non-hydrogen) atoms. The number of benzene rings is 10. The molecule has 0 aliphatic carbocycles.